The monoisotopic (exact) mass is 263 g/mol. The number of pyridine rings is 2. The Morgan fingerprint density at radius 3 is 2.70 bits per heavy atom. The van der Waals surface area contributed by atoms with E-state index in [0.29, 0.717) is 0 Å². The first-order valence-electron chi connectivity index (χ1n) is 6.86. The molecule has 1 atom stereocenters. The lowest BCUT2D eigenvalue weighted by Gasteiger charge is -2.20. The molecule has 0 amide bonds. The molecule has 100 valence electrons. The number of nitrogens with one attached hydrogen (secondary N) is 1. The molecule has 0 aliphatic heterocycles. The van der Waals surface area contributed by atoms with E-state index >= 15 is 0 Å². The summed E-state index contributed by atoms with van der Waals surface area (Å²) in [5, 5.41) is 5.92. The summed E-state index contributed by atoms with van der Waals surface area (Å²) in [6.07, 6.45) is 7.57. The molecule has 0 bridgehead atoms. The third-order valence-electron chi connectivity index (χ3n) is 3.44. The lowest BCUT2D eigenvalue weighted by Crippen LogP contribution is -2.22. The molecule has 0 radical (unpaired) electrons. The third-order valence-corrected chi connectivity index (χ3v) is 3.44. The van der Waals surface area contributed by atoms with Crippen LogP contribution in [-0.2, 0) is 0 Å². The average molecular weight is 263 g/mol. The first kappa shape index (κ1) is 12.8. The van der Waals surface area contributed by atoms with Crippen LogP contribution in [-0.4, -0.2) is 16.5 Å². The zero-order valence-corrected chi connectivity index (χ0v) is 11.5. The summed E-state index contributed by atoms with van der Waals surface area (Å²) < 4.78 is 0. The van der Waals surface area contributed by atoms with Gasteiger partial charge in [0.1, 0.15) is 0 Å². The van der Waals surface area contributed by atoms with Crippen LogP contribution in [0.2, 0.25) is 0 Å². The fourth-order valence-corrected chi connectivity index (χ4v) is 2.53. The predicted octanol–water partition coefficient (Wildman–Crippen LogP) is 3.33. The van der Waals surface area contributed by atoms with Crippen molar-refractivity contribution in [2.45, 2.75) is 13.0 Å². The van der Waals surface area contributed by atoms with Crippen LogP contribution in [0.5, 0.6) is 0 Å². The van der Waals surface area contributed by atoms with E-state index in [2.05, 4.69) is 46.5 Å². The second kappa shape index (κ2) is 5.80. The van der Waals surface area contributed by atoms with Crippen LogP contribution in [0.3, 0.4) is 0 Å². The summed E-state index contributed by atoms with van der Waals surface area (Å²) in [6.45, 7) is 3.00. The average Bonchev–Trinajstić information content (AvgIpc) is 2.53. The second-order valence-corrected chi connectivity index (χ2v) is 4.73. The molecule has 1 unspecified atom stereocenters. The van der Waals surface area contributed by atoms with Gasteiger partial charge in [0.15, 0.2) is 0 Å². The normalized spacial score (nSPS) is 12.4. The van der Waals surface area contributed by atoms with Gasteiger partial charge in [-0.2, -0.15) is 0 Å². The standard InChI is InChI=1S/C17H17N3/c1-2-20-17(14-7-5-9-18-11-14)16-12-19-10-13-6-3-4-8-15(13)16/h3-12,17,20H,2H2,1H3. The molecule has 0 saturated heterocycles. The highest BCUT2D eigenvalue weighted by atomic mass is 14.9. The number of benzene rings is 1. The molecule has 0 aliphatic rings. The van der Waals surface area contributed by atoms with E-state index in [1.807, 2.05) is 30.7 Å². The third kappa shape index (κ3) is 2.40. The molecular formula is C17H17N3. The van der Waals surface area contributed by atoms with Gasteiger partial charge in [-0.3, -0.25) is 9.97 Å². The molecule has 1 aromatic carbocycles. The molecular weight excluding hydrogens is 246 g/mol. The molecule has 2 heterocycles. The molecule has 1 N–H and O–H groups in total. The Labute approximate surface area is 118 Å². The lowest BCUT2D eigenvalue weighted by molar-refractivity contribution is 0.630. The van der Waals surface area contributed by atoms with Crippen molar-refractivity contribution in [2.75, 3.05) is 6.54 Å². The lowest BCUT2D eigenvalue weighted by atomic mass is 9.97. The molecule has 3 nitrogen and oxygen atoms in total. The van der Waals surface area contributed by atoms with Crippen LogP contribution in [0.4, 0.5) is 0 Å². The van der Waals surface area contributed by atoms with E-state index in [9.17, 15) is 0 Å². The summed E-state index contributed by atoms with van der Waals surface area (Å²) in [5.41, 5.74) is 2.35. The van der Waals surface area contributed by atoms with E-state index in [1.165, 1.54) is 10.9 Å². The maximum Gasteiger partial charge on any atom is 0.0613 e. The zero-order valence-electron chi connectivity index (χ0n) is 11.5. The number of rotatable bonds is 4. The van der Waals surface area contributed by atoms with Crippen molar-refractivity contribution in [2.24, 2.45) is 0 Å². The minimum absolute atomic E-state index is 0.118. The van der Waals surface area contributed by atoms with E-state index in [1.54, 1.807) is 6.20 Å². The van der Waals surface area contributed by atoms with Gasteiger partial charge in [-0.1, -0.05) is 37.3 Å². The van der Waals surface area contributed by atoms with Crippen LogP contribution in [0.15, 0.2) is 61.2 Å². The predicted molar refractivity (Wildman–Crippen MR) is 81.5 cm³/mol. The first-order chi connectivity index (χ1) is 9.90. The summed E-state index contributed by atoms with van der Waals surface area (Å²) in [6, 6.07) is 12.5. The van der Waals surface area contributed by atoms with Crippen LogP contribution >= 0.6 is 0 Å². The number of aromatic nitrogens is 2. The molecule has 2 aromatic heterocycles. The van der Waals surface area contributed by atoms with Gasteiger partial charge in [-0.15, -0.1) is 0 Å². The SMILES string of the molecule is CCNC(c1cccnc1)c1cncc2ccccc12. The number of fused-ring (bicyclic) bond motifs is 1. The minimum atomic E-state index is 0.118. The molecule has 20 heavy (non-hydrogen) atoms. The van der Waals surface area contributed by atoms with Gasteiger partial charge in [-0.05, 0) is 29.1 Å². The molecule has 3 rings (SSSR count). The Kier molecular flexibility index (Phi) is 3.70. The number of nitrogens with zero attached hydrogens (tertiary/aromatic N) is 2. The zero-order chi connectivity index (χ0) is 13.8. The highest BCUT2D eigenvalue weighted by Gasteiger charge is 2.15. The number of hydrogen-bond acceptors (Lipinski definition) is 3. The fourth-order valence-electron chi connectivity index (χ4n) is 2.53. The van der Waals surface area contributed by atoms with E-state index in [4.69, 9.17) is 0 Å². The Balaban J connectivity index is 2.15. The summed E-state index contributed by atoms with van der Waals surface area (Å²) in [7, 11) is 0. The van der Waals surface area contributed by atoms with Gasteiger partial charge in [0, 0.05) is 30.2 Å². The first-order valence-corrected chi connectivity index (χ1v) is 6.86. The molecule has 0 spiro atoms. The van der Waals surface area contributed by atoms with Crippen LogP contribution in [0.25, 0.3) is 10.8 Å². The molecule has 0 aliphatic carbocycles. The minimum Gasteiger partial charge on any atom is -0.306 e. The smallest absolute Gasteiger partial charge is 0.0613 e. The Morgan fingerprint density at radius 1 is 1.00 bits per heavy atom. The van der Waals surface area contributed by atoms with Gasteiger partial charge in [0.05, 0.1) is 6.04 Å². The molecule has 0 saturated carbocycles. The second-order valence-electron chi connectivity index (χ2n) is 4.73. The van der Waals surface area contributed by atoms with Crippen molar-refractivity contribution in [1.29, 1.82) is 0 Å². The quantitative estimate of drug-likeness (QED) is 0.784. The molecule has 3 heteroatoms. The van der Waals surface area contributed by atoms with Crippen LogP contribution in [0.1, 0.15) is 24.1 Å². The Bertz CT molecular complexity index is 689. The van der Waals surface area contributed by atoms with Crippen molar-refractivity contribution in [3.05, 3.63) is 72.3 Å². The fraction of sp³-hybridized carbons (Fsp3) is 0.176. The number of hydrogen-bond donors (Lipinski definition) is 1. The topological polar surface area (TPSA) is 37.8 Å². The van der Waals surface area contributed by atoms with Gasteiger partial charge in [-0.25, -0.2) is 0 Å². The molecule has 3 aromatic rings. The maximum absolute atomic E-state index is 4.38. The van der Waals surface area contributed by atoms with Crippen molar-refractivity contribution in [1.82, 2.24) is 15.3 Å². The van der Waals surface area contributed by atoms with Gasteiger partial charge < -0.3 is 5.32 Å². The van der Waals surface area contributed by atoms with Gasteiger partial charge >= 0.3 is 0 Å². The highest BCUT2D eigenvalue weighted by Crippen LogP contribution is 2.27. The van der Waals surface area contributed by atoms with Crippen molar-refractivity contribution < 1.29 is 0 Å². The van der Waals surface area contributed by atoms with E-state index in [0.717, 1.165) is 17.5 Å². The molecule has 0 fully saturated rings. The largest absolute Gasteiger partial charge is 0.306 e. The van der Waals surface area contributed by atoms with E-state index < -0.39 is 0 Å². The van der Waals surface area contributed by atoms with Crippen molar-refractivity contribution in [3.63, 3.8) is 0 Å². The summed E-state index contributed by atoms with van der Waals surface area (Å²) >= 11 is 0. The maximum atomic E-state index is 4.38. The van der Waals surface area contributed by atoms with Crippen molar-refractivity contribution in [3.8, 4) is 0 Å². The Hall–Kier alpha value is -2.26. The van der Waals surface area contributed by atoms with Crippen molar-refractivity contribution >= 4 is 10.8 Å². The van der Waals surface area contributed by atoms with Crippen LogP contribution < -0.4 is 5.32 Å². The Morgan fingerprint density at radius 2 is 1.90 bits per heavy atom. The summed E-state index contributed by atoms with van der Waals surface area (Å²) in [4.78, 5) is 8.61. The highest BCUT2D eigenvalue weighted by molar-refractivity contribution is 5.85. The van der Waals surface area contributed by atoms with Crippen LogP contribution in [0, 0.1) is 0 Å². The van der Waals surface area contributed by atoms with Gasteiger partial charge in [0.25, 0.3) is 0 Å². The van der Waals surface area contributed by atoms with E-state index in [-0.39, 0.29) is 6.04 Å². The summed E-state index contributed by atoms with van der Waals surface area (Å²) in [5.74, 6) is 0. The van der Waals surface area contributed by atoms with Gasteiger partial charge in [0.2, 0.25) is 0 Å².